The molecule has 0 amide bonds. The van der Waals surface area contributed by atoms with Gasteiger partial charge in [0.25, 0.3) is 0 Å². The van der Waals surface area contributed by atoms with E-state index in [0.717, 1.165) is 22.8 Å². The van der Waals surface area contributed by atoms with Crippen molar-refractivity contribution in [2.45, 2.75) is 18.6 Å². The van der Waals surface area contributed by atoms with Crippen molar-refractivity contribution >= 4 is 23.3 Å². The Hall–Kier alpha value is -4.04. The predicted molar refractivity (Wildman–Crippen MR) is 132 cm³/mol. The van der Waals surface area contributed by atoms with Crippen LogP contribution in [0.2, 0.25) is 0 Å². The molecular formula is C26H23N5O2S. The number of rotatable bonds is 6. The third-order valence-electron chi connectivity index (χ3n) is 5.91. The van der Waals surface area contributed by atoms with Crippen molar-refractivity contribution in [3.8, 4) is 5.69 Å². The second-order valence-corrected chi connectivity index (χ2v) is 8.30. The first-order chi connectivity index (χ1) is 16.7. The maximum atomic E-state index is 11.9. The second kappa shape index (κ2) is 9.44. The lowest BCUT2D eigenvalue weighted by Gasteiger charge is -2.28. The average molecular weight is 470 g/mol. The van der Waals surface area contributed by atoms with Crippen LogP contribution in [0.15, 0.2) is 91.4 Å². The third-order valence-corrected chi connectivity index (χ3v) is 6.26. The summed E-state index contributed by atoms with van der Waals surface area (Å²) in [4.78, 5) is 23.2. The Balaban J connectivity index is 1.56. The lowest BCUT2D eigenvalue weighted by atomic mass is 10.0. The van der Waals surface area contributed by atoms with Gasteiger partial charge in [-0.25, -0.2) is 4.79 Å². The van der Waals surface area contributed by atoms with E-state index in [1.54, 1.807) is 24.5 Å². The van der Waals surface area contributed by atoms with Gasteiger partial charge in [-0.15, -0.1) is 0 Å². The lowest BCUT2D eigenvalue weighted by molar-refractivity contribution is 0.0600. The summed E-state index contributed by atoms with van der Waals surface area (Å²) in [7, 11) is 1.38. The number of carbonyl (C=O) groups excluding carboxylic acids is 1. The quantitative estimate of drug-likeness (QED) is 0.335. The molecule has 0 unspecified atom stereocenters. The van der Waals surface area contributed by atoms with Gasteiger partial charge in [-0.3, -0.25) is 9.97 Å². The largest absolute Gasteiger partial charge is 0.465 e. The van der Waals surface area contributed by atoms with Gasteiger partial charge in [-0.05, 0) is 72.9 Å². The number of thiocarbonyl (C=S) groups is 1. The first-order valence-corrected chi connectivity index (χ1v) is 11.3. The number of hydrogen-bond donors (Lipinski definition) is 1. The Morgan fingerprint density at radius 1 is 1.00 bits per heavy atom. The number of nitrogens with one attached hydrogen (secondary N) is 1. The summed E-state index contributed by atoms with van der Waals surface area (Å²) >= 11 is 5.79. The fourth-order valence-corrected chi connectivity index (χ4v) is 4.61. The van der Waals surface area contributed by atoms with E-state index < -0.39 is 0 Å². The number of pyridine rings is 2. The van der Waals surface area contributed by atoms with Gasteiger partial charge < -0.3 is 19.5 Å². The first-order valence-electron chi connectivity index (χ1n) is 10.9. The number of methoxy groups -OCH3 is 1. The van der Waals surface area contributed by atoms with Crippen LogP contribution in [0, 0.1) is 0 Å². The number of nitrogens with zero attached hydrogens (tertiary/aromatic N) is 4. The Morgan fingerprint density at radius 2 is 1.76 bits per heavy atom. The summed E-state index contributed by atoms with van der Waals surface area (Å²) in [6.07, 6.45) is 5.60. The highest BCUT2D eigenvalue weighted by atomic mass is 32.1. The predicted octanol–water partition coefficient (Wildman–Crippen LogP) is 4.23. The van der Waals surface area contributed by atoms with E-state index in [2.05, 4.69) is 30.8 Å². The van der Waals surface area contributed by atoms with Gasteiger partial charge >= 0.3 is 5.97 Å². The Bertz CT molecular complexity index is 1290. The number of hydrogen-bond acceptors (Lipinski definition) is 5. The number of carbonyl (C=O) groups is 1. The molecule has 0 saturated carbocycles. The maximum Gasteiger partial charge on any atom is 0.337 e. The molecule has 4 aromatic rings. The van der Waals surface area contributed by atoms with Crippen LogP contribution < -0.4 is 5.32 Å². The van der Waals surface area contributed by atoms with Crippen LogP contribution >= 0.6 is 12.2 Å². The Labute approximate surface area is 203 Å². The van der Waals surface area contributed by atoms with Gasteiger partial charge in [-0.2, -0.15) is 0 Å². The van der Waals surface area contributed by atoms with Crippen molar-refractivity contribution in [1.82, 2.24) is 24.8 Å². The molecule has 1 aromatic carbocycles. The standard InChI is InChI=1S/C26H23N5O2S/c1-33-25(32)18-10-12-20(13-11-18)30-16-6-9-22(30)24-23(21-8-3-5-15-28-21)29-26(34)31(24)17-19-7-2-4-14-27-19/h2-16,23-24H,17H2,1H3,(H,29,34)/t23-,24+/m0/s1. The summed E-state index contributed by atoms with van der Waals surface area (Å²) < 4.78 is 6.94. The molecule has 0 spiro atoms. The molecule has 8 heteroatoms. The zero-order valence-electron chi connectivity index (χ0n) is 18.5. The van der Waals surface area contributed by atoms with Crippen LogP contribution in [0.1, 0.15) is 39.5 Å². The molecule has 0 radical (unpaired) electrons. The van der Waals surface area contributed by atoms with Gasteiger partial charge in [0.2, 0.25) is 0 Å². The van der Waals surface area contributed by atoms with E-state index in [1.165, 1.54) is 7.11 Å². The minimum absolute atomic E-state index is 0.125. The van der Waals surface area contributed by atoms with Crippen molar-refractivity contribution < 1.29 is 9.53 Å². The van der Waals surface area contributed by atoms with E-state index >= 15 is 0 Å². The van der Waals surface area contributed by atoms with Gasteiger partial charge in [0.15, 0.2) is 5.11 Å². The van der Waals surface area contributed by atoms with E-state index in [9.17, 15) is 4.79 Å². The summed E-state index contributed by atoms with van der Waals surface area (Å²) in [6.45, 7) is 0.563. The zero-order valence-corrected chi connectivity index (χ0v) is 19.4. The first kappa shape index (κ1) is 21.8. The molecule has 34 heavy (non-hydrogen) atoms. The Morgan fingerprint density at radius 3 is 2.44 bits per heavy atom. The zero-order chi connectivity index (χ0) is 23.5. The SMILES string of the molecule is COC(=O)c1ccc(-n2cccc2[C@@H]2[C@H](c3ccccn3)NC(=S)N2Cc2ccccn2)cc1. The highest BCUT2D eigenvalue weighted by Crippen LogP contribution is 2.40. The molecule has 5 rings (SSSR count). The summed E-state index contributed by atoms with van der Waals surface area (Å²) in [5, 5.41) is 4.13. The maximum absolute atomic E-state index is 11.9. The molecular weight excluding hydrogens is 446 g/mol. The van der Waals surface area contributed by atoms with Crippen molar-refractivity contribution in [2.75, 3.05) is 7.11 Å². The number of benzene rings is 1. The molecule has 0 bridgehead atoms. The van der Waals surface area contributed by atoms with Crippen LogP contribution in [0.5, 0.6) is 0 Å². The third kappa shape index (κ3) is 4.15. The van der Waals surface area contributed by atoms with Crippen molar-refractivity contribution in [3.63, 3.8) is 0 Å². The fourth-order valence-electron chi connectivity index (χ4n) is 4.31. The minimum Gasteiger partial charge on any atom is -0.465 e. The fraction of sp³-hybridized carbons (Fsp3) is 0.154. The van der Waals surface area contributed by atoms with Gasteiger partial charge in [0, 0.05) is 30.0 Å². The van der Waals surface area contributed by atoms with Crippen LogP contribution in [0.25, 0.3) is 5.69 Å². The monoisotopic (exact) mass is 469 g/mol. The van der Waals surface area contributed by atoms with Crippen LogP contribution in [-0.4, -0.2) is 37.6 Å². The highest BCUT2D eigenvalue weighted by molar-refractivity contribution is 7.80. The van der Waals surface area contributed by atoms with E-state index in [1.807, 2.05) is 60.8 Å². The molecule has 2 atom stereocenters. The van der Waals surface area contributed by atoms with Crippen molar-refractivity contribution in [1.29, 1.82) is 0 Å². The highest BCUT2D eigenvalue weighted by Gasteiger charge is 2.41. The van der Waals surface area contributed by atoms with E-state index in [-0.39, 0.29) is 18.1 Å². The second-order valence-electron chi connectivity index (χ2n) is 7.92. The number of ether oxygens (including phenoxy) is 1. The Kier molecular flexibility index (Phi) is 6.05. The molecule has 1 aliphatic rings. The number of aromatic nitrogens is 3. The topological polar surface area (TPSA) is 72.3 Å². The smallest absolute Gasteiger partial charge is 0.337 e. The molecule has 4 heterocycles. The lowest BCUT2D eigenvalue weighted by Crippen LogP contribution is -2.30. The minimum atomic E-state index is -0.360. The summed E-state index contributed by atoms with van der Waals surface area (Å²) in [6, 6.07) is 23.0. The van der Waals surface area contributed by atoms with Crippen LogP contribution in [0.4, 0.5) is 0 Å². The van der Waals surface area contributed by atoms with Crippen LogP contribution in [-0.2, 0) is 11.3 Å². The summed E-state index contributed by atoms with van der Waals surface area (Å²) in [5.74, 6) is -0.360. The molecule has 1 fully saturated rings. The normalized spacial score (nSPS) is 17.4. The average Bonchev–Trinajstić information content (AvgIpc) is 3.49. The molecule has 3 aromatic heterocycles. The molecule has 7 nitrogen and oxygen atoms in total. The molecule has 0 aliphatic carbocycles. The van der Waals surface area contributed by atoms with Crippen molar-refractivity contribution in [2.24, 2.45) is 0 Å². The molecule has 1 N–H and O–H groups in total. The van der Waals surface area contributed by atoms with E-state index in [4.69, 9.17) is 17.0 Å². The van der Waals surface area contributed by atoms with Crippen LogP contribution in [0.3, 0.4) is 0 Å². The number of esters is 1. The van der Waals surface area contributed by atoms with Crippen molar-refractivity contribution in [3.05, 3.63) is 114 Å². The van der Waals surface area contributed by atoms with Gasteiger partial charge in [-0.1, -0.05) is 12.1 Å². The van der Waals surface area contributed by atoms with E-state index in [0.29, 0.717) is 17.2 Å². The van der Waals surface area contributed by atoms with Gasteiger partial charge in [0.1, 0.15) is 0 Å². The molecule has 1 aliphatic heterocycles. The summed E-state index contributed by atoms with van der Waals surface area (Å²) in [5.41, 5.74) is 4.32. The molecule has 1 saturated heterocycles. The molecule has 170 valence electrons. The van der Waals surface area contributed by atoms with Gasteiger partial charge in [0.05, 0.1) is 42.7 Å².